The van der Waals surface area contributed by atoms with E-state index in [0.29, 0.717) is 20.8 Å². The van der Waals surface area contributed by atoms with Crippen LogP contribution >= 0.6 is 22.7 Å². The molecule has 8 nitrogen and oxygen atoms in total. The smallest absolute Gasteiger partial charge is 0.280 e. The minimum absolute atomic E-state index is 0.00592. The number of allylic oxidation sites excluding steroid dienone is 1. The number of aromatic nitrogens is 1. The van der Waals surface area contributed by atoms with Crippen LogP contribution in [-0.4, -0.2) is 16.3 Å². The van der Waals surface area contributed by atoms with Crippen LogP contribution in [0.15, 0.2) is 69.3 Å². The SMILES string of the molecule is O=c1c(=Cc2cc3c(cc2[N+](=O)[O-])OCO3)sc2n1[C@H](c1cccs1)C1=C(N=2)c2ccccc2CC1. The lowest BCUT2D eigenvalue weighted by Crippen LogP contribution is -2.38. The first kappa shape index (κ1) is 21.3. The summed E-state index contributed by atoms with van der Waals surface area (Å²) in [4.78, 5) is 31.7. The molecule has 1 aliphatic carbocycles. The van der Waals surface area contributed by atoms with Gasteiger partial charge in [-0.15, -0.1) is 11.3 Å². The van der Waals surface area contributed by atoms with Gasteiger partial charge in [-0.2, -0.15) is 0 Å². The van der Waals surface area contributed by atoms with Crippen molar-refractivity contribution in [2.24, 2.45) is 4.99 Å². The van der Waals surface area contributed by atoms with Gasteiger partial charge in [0.05, 0.1) is 32.8 Å². The molecule has 10 heteroatoms. The van der Waals surface area contributed by atoms with E-state index in [1.54, 1.807) is 28.0 Å². The second-order valence-electron chi connectivity index (χ2n) is 8.65. The number of nitro benzene ring substituents is 1. The zero-order chi connectivity index (χ0) is 24.4. The fourth-order valence-corrected chi connectivity index (χ4v) is 6.92. The lowest BCUT2D eigenvalue weighted by Gasteiger charge is -2.30. The number of aryl methyl sites for hydroxylation is 1. The maximum Gasteiger partial charge on any atom is 0.280 e. The zero-order valence-corrected chi connectivity index (χ0v) is 20.3. The Kier molecular flexibility index (Phi) is 4.73. The van der Waals surface area contributed by atoms with Crippen LogP contribution in [0.3, 0.4) is 0 Å². The zero-order valence-electron chi connectivity index (χ0n) is 18.7. The molecule has 178 valence electrons. The highest BCUT2D eigenvalue weighted by molar-refractivity contribution is 7.10. The molecule has 0 saturated heterocycles. The van der Waals surface area contributed by atoms with Gasteiger partial charge in [0.2, 0.25) is 6.79 Å². The molecule has 0 bridgehead atoms. The molecular weight excluding hydrogens is 498 g/mol. The molecule has 0 N–H and O–H groups in total. The number of ether oxygens (including phenoxy) is 2. The molecule has 0 spiro atoms. The van der Waals surface area contributed by atoms with E-state index in [9.17, 15) is 14.9 Å². The fraction of sp³-hybridized carbons (Fsp3) is 0.154. The first-order chi connectivity index (χ1) is 17.6. The summed E-state index contributed by atoms with van der Waals surface area (Å²) in [5.74, 6) is 0.743. The maximum absolute atomic E-state index is 13.8. The predicted octanol–water partition coefficient (Wildman–Crippen LogP) is 4.02. The molecule has 3 aliphatic rings. The summed E-state index contributed by atoms with van der Waals surface area (Å²) in [6.07, 6.45) is 3.27. The van der Waals surface area contributed by atoms with Crippen molar-refractivity contribution in [3.05, 3.63) is 111 Å². The number of nitro groups is 1. The third-order valence-electron chi connectivity index (χ3n) is 6.69. The van der Waals surface area contributed by atoms with Crippen molar-refractivity contribution in [1.82, 2.24) is 4.57 Å². The summed E-state index contributed by atoms with van der Waals surface area (Å²) >= 11 is 2.86. The summed E-state index contributed by atoms with van der Waals surface area (Å²) in [5, 5.41) is 13.8. The van der Waals surface area contributed by atoms with Crippen LogP contribution in [0.25, 0.3) is 11.8 Å². The Bertz CT molecular complexity index is 1780. The van der Waals surface area contributed by atoms with E-state index in [1.165, 1.54) is 23.0 Å². The number of nitrogens with zero attached hydrogens (tertiary/aromatic N) is 3. The van der Waals surface area contributed by atoms with E-state index < -0.39 is 4.92 Å². The van der Waals surface area contributed by atoms with E-state index in [1.807, 2.05) is 29.6 Å². The van der Waals surface area contributed by atoms with Crippen molar-refractivity contribution in [2.45, 2.75) is 18.9 Å². The number of hydrogen-bond donors (Lipinski definition) is 0. The summed E-state index contributed by atoms with van der Waals surface area (Å²) in [6.45, 7) is 0.00592. The number of fused-ring (bicyclic) bond motifs is 4. The normalized spacial score (nSPS) is 17.9. The quantitative estimate of drug-likeness (QED) is 0.303. The molecule has 0 radical (unpaired) electrons. The monoisotopic (exact) mass is 515 g/mol. The van der Waals surface area contributed by atoms with Crippen molar-refractivity contribution < 1.29 is 14.4 Å². The van der Waals surface area contributed by atoms with Crippen LogP contribution in [-0.2, 0) is 6.42 Å². The van der Waals surface area contributed by atoms with E-state index in [-0.39, 0.29) is 29.6 Å². The average Bonchev–Trinajstić information content (AvgIpc) is 3.63. The predicted molar refractivity (Wildman–Crippen MR) is 136 cm³/mol. The van der Waals surface area contributed by atoms with Crippen molar-refractivity contribution in [2.75, 3.05) is 6.79 Å². The molecular formula is C26H17N3O5S2. The molecule has 0 saturated carbocycles. The van der Waals surface area contributed by atoms with Crippen molar-refractivity contribution in [1.29, 1.82) is 0 Å². The van der Waals surface area contributed by atoms with E-state index >= 15 is 0 Å². The highest BCUT2D eigenvalue weighted by Gasteiger charge is 2.33. The van der Waals surface area contributed by atoms with Gasteiger partial charge in [0.25, 0.3) is 11.2 Å². The molecule has 0 fully saturated rings. The minimum Gasteiger partial charge on any atom is -0.454 e. The van der Waals surface area contributed by atoms with E-state index in [2.05, 4.69) is 12.1 Å². The van der Waals surface area contributed by atoms with Gasteiger partial charge in [0.15, 0.2) is 16.3 Å². The van der Waals surface area contributed by atoms with Crippen molar-refractivity contribution in [3.8, 4) is 11.5 Å². The summed E-state index contributed by atoms with van der Waals surface area (Å²) in [6, 6.07) is 14.9. The lowest BCUT2D eigenvalue weighted by atomic mass is 9.85. The number of thiophene rings is 1. The maximum atomic E-state index is 13.8. The number of hydrogen-bond acceptors (Lipinski definition) is 8. The lowest BCUT2D eigenvalue weighted by molar-refractivity contribution is -0.385. The van der Waals surface area contributed by atoms with Gasteiger partial charge >= 0.3 is 0 Å². The van der Waals surface area contributed by atoms with Gasteiger partial charge < -0.3 is 9.47 Å². The first-order valence-corrected chi connectivity index (χ1v) is 13.0. The molecule has 4 heterocycles. The number of thiazole rings is 1. The standard InChI is InChI=1S/C26H17N3O5S2/c30-25-22(11-15-10-19-20(34-13-33-19)12-18(15)29(31)32)36-26-27-23-16-5-2-1-4-14(16)7-8-17(23)24(28(25)26)21-6-3-9-35-21/h1-6,9-12,24H,7-8,13H2/t24-/m0/s1. The molecule has 2 aromatic heterocycles. The summed E-state index contributed by atoms with van der Waals surface area (Å²) < 4.78 is 12.8. The van der Waals surface area contributed by atoms with Gasteiger partial charge in [0, 0.05) is 10.4 Å². The topological polar surface area (TPSA) is 96.0 Å². The van der Waals surface area contributed by atoms with E-state index in [4.69, 9.17) is 14.5 Å². The van der Waals surface area contributed by atoms with Crippen LogP contribution in [0.1, 0.15) is 34.0 Å². The summed E-state index contributed by atoms with van der Waals surface area (Å²) in [5.41, 5.74) is 4.34. The van der Waals surface area contributed by atoms with Crippen LogP contribution < -0.4 is 24.4 Å². The molecule has 2 aliphatic heterocycles. The number of benzene rings is 2. The number of rotatable bonds is 3. The Morgan fingerprint density at radius 1 is 1.11 bits per heavy atom. The van der Waals surface area contributed by atoms with Gasteiger partial charge in [-0.1, -0.05) is 41.7 Å². The highest BCUT2D eigenvalue weighted by Crippen LogP contribution is 2.42. The minimum atomic E-state index is -0.477. The van der Waals surface area contributed by atoms with Crippen molar-refractivity contribution in [3.63, 3.8) is 0 Å². The van der Waals surface area contributed by atoms with Crippen LogP contribution in [0.4, 0.5) is 5.69 Å². The van der Waals surface area contributed by atoms with Crippen LogP contribution in [0.5, 0.6) is 11.5 Å². The third-order valence-corrected chi connectivity index (χ3v) is 8.60. The Labute approximate surface area is 211 Å². The summed E-state index contributed by atoms with van der Waals surface area (Å²) in [7, 11) is 0. The van der Waals surface area contributed by atoms with Gasteiger partial charge in [-0.3, -0.25) is 19.5 Å². The molecule has 0 amide bonds. The largest absolute Gasteiger partial charge is 0.454 e. The Morgan fingerprint density at radius 3 is 2.75 bits per heavy atom. The highest BCUT2D eigenvalue weighted by atomic mass is 32.1. The molecule has 36 heavy (non-hydrogen) atoms. The van der Waals surface area contributed by atoms with Crippen LogP contribution in [0.2, 0.25) is 0 Å². The molecule has 4 aromatic rings. The van der Waals surface area contributed by atoms with Gasteiger partial charge in [-0.05, 0) is 47.6 Å². The third kappa shape index (κ3) is 3.18. The Morgan fingerprint density at radius 2 is 1.94 bits per heavy atom. The second-order valence-corrected chi connectivity index (χ2v) is 10.6. The molecule has 2 aromatic carbocycles. The average molecular weight is 516 g/mol. The molecule has 1 atom stereocenters. The molecule has 0 unspecified atom stereocenters. The second kappa shape index (κ2) is 8.00. The van der Waals surface area contributed by atoms with E-state index in [0.717, 1.165) is 34.6 Å². The van der Waals surface area contributed by atoms with Gasteiger partial charge in [-0.25, -0.2) is 4.99 Å². The van der Waals surface area contributed by atoms with Crippen molar-refractivity contribution >= 4 is 40.1 Å². The van der Waals surface area contributed by atoms with Crippen LogP contribution in [0, 0.1) is 10.1 Å². The first-order valence-electron chi connectivity index (χ1n) is 11.3. The fourth-order valence-electron chi connectivity index (χ4n) is 5.08. The Balaban J connectivity index is 1.48. The van der Waals surface area contributed by atoms with Gasteiger partial charge in [0.1, 0.15) is 0 Å². The molecule has 7 rings (SSSR count). The Hall–Kier alpha value is -4.02.